The molecule has 0 amide bonds. The van der Waals surface area contributed by atoms with Gasteiger partial charge in [0, 0.05) is 109 Å². The van der Waals surface area contributed by atoms with Crippen LogP contribution in [-0.2, 0) is 38.5 Å². The van der Waals surface area contributed by atoms with Gasteiger partial charge in [-0.05, 0) is 310 Å². The van der Waals surface area contributed by atoms with Crippen molar-refractivity contribution in [2.24, 2.45) is 0 Å². The summed E-state index contributed by atoms with van der Waals surface area (Å²) in [5.74, 6) is 0. The Morgan fingerprint density at radius 1 is 0.242 bits per heavy atom. The summed E-state index contributed by atoms with van der Waals surface area (Å²) in [5, 5.41) is 0. The highest BCUT2D eigenvalue weighted by molar-refractivity contribution is 5.83. The Morgan fingerprint density at radius 3 is 1.23 bits per heavy atom. The predicted octanol–water partition coefficient (Wildman–Crippen LogP) is 21.2. The van der Waals surface area contributed by atoms with Crippen molar-refractivity contribution in [3.05, 3.63) is 315 Å². The van der Waals surface area contributed by atoms with Crippen LogP contribution in [0.5, 0.6) is 0 Å². The maximum atomic E-state index is 4.63. The topological polar surface area (TPSA) is 77.3 Å². The smallest absolute Gasteiger partial charge is 0.0529 e. The molecular formula is C89H88N6. The fourth-order valence-electron chi connectivity index (χ4n) is 15.0. The molecule has 6 nitrogen and oxygen atoms in total. The van der Waals surface area contributed by atoms with E-state index in [1.54, 1.807) is 0 Å². The van der Waals surface area contributed by atoms with Crippen molar-refractivity contribution in [1.29, 1.82) is 0 Å². The summed E-state index contributed by atoms with van der Waals surface area (Å²) in [6.45, 7) is 37.0. The maximum absolute atomic E-state index is 4.63. The molecule has 0 aliphatic heterocycles. The molecule has 0 spiro atoms. The van der Waals surface area contributed by atoms with E-state index >= 15 is 0 Å². The third-order valence-electron chi connectivity index (χ3n) is 21.4. The molecule has 0 bridgehead atoms. The number of aromatic nitrogens is 6. The normalized spacial score (nSPS) is 12.4. The molecule has 6 aliphatic rings. The van der Waals surface area contributed by atoms with Crippen LogP contribution < -0.4 is 0 Å². The highest BCUT2D eigenvalue weighted by Crippen LogP contribution is 2.44. The standard InChI is InChI=1S/5C15H15N.C14H13N/c1-9-4-14-13-6-11(3)10(2)5-12(13)7-15(14)16-8-9;1-9-6-12-8-15-13(5-4-11(3)16-15)14(12)7-10(9)2;1-9-4-5-16-14-8-12-6-10(2)11(3)7-13(12)15(9)14;1-9-7-12-8-14-13(5-4-6-16-14)15(12)11(3)10(9)2;1-9-7-14-12-5-4-6-16-15(12)8-13(14)11(3)10(9)2;1-9-6-11-8-14-12(4-3-5-15-14)13(11)7-10(9)2/h4-6,8H,7H2,1-3H3;4*4-7H,8H2,1-3H3;3-7H,8H2,1-2H3. The lowest BCUT2D eigenvalue weighted by molar-refractivity contribution is 1.07. The van der Waals surface area contributed by atoms with Gasteiger partial charge in [-0.25, -0.2) is 0 Å². The van der Waals surface area contributed by atoms with Gasteiger partial charge in [0.05, 0.1) is 34.2 Å². The molecule has 6 heteroatoms. The zero-order chi connectivity index (χ0) is 66.8. The highest BCUT2D eigenvalue weighted by Gasteiger charge is 2.27. The third-order valence-corrected chi connectivity index (χ3v) is 21.4. The Hall–Kier alpha value is -9.78. The van der Waals surface area contributed by atoms with E-state index in [0.717, 1.165) is 44.2 Å². The lowest BCUT2D eigenvalue weighted by Gasteiger charge is -2.11. The van der Waals surface area contributed by atoms with Gasteiger partial charge in [-0.2, -0.15) is 0 Å². The molecule has 474 valence electrons. The molecule has 0 saturated heterocycles. The zero-order valence-electron chi connectivity index (χ0n) is 58.9. The van der Waals surface area contributed by atoms with Crippen molar-refractivity contribution >= 4 is 0 Å². The van der Waals surface area contributed by atoms with Gasteiger partial charge >= 0.3 is 0 Å². The number of rotatable bonds is 0. The van der Waals surface area contributed by atoms with E-state index in [2.05, 4.69) is 251 Å². The predicted molar refractivity (Wildman–Crippen MR) is 395 cm³/mol. The fourth-order valence-corrected chi connectivity index (χ4v) is 15.0. The van der Waals surface area contributed by atoms with Crippen LogP contribution in [0.25, 0.3) is 66.8 Å². The van der Waals surface area contributed by atoms with Crippen molar-refractivity contribution in [1.82, 2.24) is 29.9 Å². The van der Waals surface area contributed by atoms with Gasteiger partial charge in [-0.3, -0.25) is 29.9 Å². The average Bonchev–Trinajstić information content (AvgIpc) is 1.70. The Labute approximate surface area is 564 Å². The molecule has 6 aromatic carbocycles. The molecule has 0 atom stereocenters. The number of hydrogen-bond donors (Lipinski definition) is 0. The first-order valence-electron chi connectivity index (χ1n) is 33.9. The summed E-state index contributed by atoms with van der Waals surface area (Å²) >= 11 is 0. The van der Waals surface area contributed by atoms with E-state index < -0.39 is 0 Å². The van der Waals surface area contributed by atoms with Gasteiger partial charge in [-0.15, -0.1) is 0 Å². The Kier molecular flexibility index (Phi) is 17.4. The van der Waals surface area contributed by atoms with Gasteiger partial charge in [0.1, 0.15) is 0 Å². The number of aryl methyl sites for hydroxylation is 13. The van der Waals surface area contributed by atoms with Crippen molar-refractivity contribution < 1.29 is 0 Å². The second-order valence-corrected chi connectivity index (χ2v) is 27.8. The SMILES string of the molecule is Cc1cc2c(c(C)c1C)-c1cccnc1C2.Cc1cc2c(c(C)c1C)Cc1ncccc1-2.Cc1cc2c(cc1C)-c1c(C)ccnc1C2.Cc1cc2c(cc1C)-c1cccnc1C2.Cc1ccc2c(n1)Cc1cc(C)c(C)cc1-2.Cc1cnc2c(c1)-c1cc(C)c(C)cc1C2. The molecule has 0 saturated carbocycles. The van der Waals surface area contributed by atoms with Crippen molar-refractivity contribution in [3.8, 4) is 66.8 Å². The largest absolute Gasteiger partial charge is 0.260 e. The van der Waals surface area contributed by atoms with Crippen LogP contribution in [0, 0.1) is 118 Å². The Bertz CT molecular complexity index is 5100. The molecular weight excluding hydrogens is 1150 g/mol. The fraction of sp³-hybridized carbons (Fsp3) is 0.258. The van der Waals surface area contributed by atoms with Crippen molar-refractivity contribution in [2.75, 3.05) is 0 Å². The molecule has 6 aromatic heterocycles. The van der Waals surface area contributed by atoms with Gasteiger partial charge in [0.2, 0.25) is 0 Å². The second kappa shape index (κ2) is 25.8. The third kappa shape index (κ3) is 12.3. The summed E-state index contributed by atoms with van der Waals surface area (Å²) in [5.41, 5.74) is 55.5. The first-order chi connectivity index (χ1) is 45.6. The monoisotopic (exact) mass is 1240 g/mol. The molecule has 6 heterocycles. The van der Waals surface area contributed by atoms with Crippen LogP contribution in [0.15, 0.2) is 152 Å². The highest BCUT2D eigenvalue weighted by atomic mass is 14.7. The molecule has 0 radical (unpaired) electrons. The molecule has 12 aromatic rings. The van der Waals surface area contributed by atoms with E-state index in [1.807, 2.05) is 49.2 Å². The van der Waals surface area contributed by atoms with Crippen LogP contribution in [0.1, 0.15) is 162 Å². The van der Waals surface area contributed by atoms with Gasteiger partial charge in [-0.1, -0.05) is 84.9 Å². The van der Waals surface area contributed by atoms with Crippen molar-refractivity contribution in [2.45, 2.75) is 156 Å². The molecule has 0 N–H and O–H groups in total. The summed E-state index contributed by atoms with van der Waals surface area (Å²) in [7, 11) is 0. The van der Waals surface area contributed by atoms with E-state index in [4.69, 9.17) is 0 Å². The average molecular weight is 1240 g/mol. The minimum absolute atomic E-state index is 0.992. The minimum atomic E-state index is 0.992. The van der Waals surface area contributed by atoms with E-state index in [0.29, 0.717) is 0 Å². The Morgan fingerprint density at radius 2 is 0.642 bits per heavy atom. The van der Waals surface area contributed by atoms with Crippen LogP contribution in [0.4, 0.5) is 0 Å². The van der Waals surface area contributed by atoms with Gasteiger partial charge in [0.25, 0.3) is 0 Å². The van der Waals surface area contributed by atoms with Crippen LogP contribution >= 0.6 is 0 Å². The number of fused-ring (bicyclic) bond motifs is 18. The first-order valence-corrected chi connectivity index (χ1v) is 33.9. The number of pyridine rings is 6. The van der Waals surface area contributed by atoms with Gasteiger partial charge < -0.3 is 0 Å². The quantitative estimate of drug-likeness (QED) is 0.151. The maximum Gasteiger partial charge on any atom is 0.0529 e. The first kappa shape index (κ1) is 64.0. The second-order valence-electron chi connectivity index (χ2n) is 27.8. The number of nitrogens with zero attached hydrogens (tertiary/aromatic N) is 6. The number of benzene rings is 6. The van der Waals surface area contributed by atoms with Crippen LogP contribution in [0.3, 0.4) is 0 Å². The van der Waals surface area contributed by atoms with Crippen LogP contribution in [-0.4, -0.2) is 29.9 Å². The molecule has 6 aliphatic carbocycles. The summed E-state index contributed by atoms with van der Waals surface area (Å²) < 4.78 is 0. The summed E-state index contributed by atoms with van der Waals surface area (Å²) in [6, 6.07) is 44.3. The lowest BCUT2D eigenvalue weighted by atomic mass is 9.93. The molecule has 95 heavy (non-hydrogen) atoms. The van der Waals surface area contributed by atoms with Crippen LogP contribution in [0.2, 0.25) is 0 Å². The minimum Gasteiger partial charge on any atom is -0.260 e. The zero-order valence-corrected chi connectivity index (χ0v) is 58.9. The summed E-state index contributed by atoms with van der Waals surface area (Å²) in [6.07, 6.45) is 15.5. The molecule has 0 fully saturated rings. The molecule has 0 unspecified atom stereocenters. The number of hydrogen-bond acceptors (Lipinski definition) is 6. The van der Waals surface area contributed by atoms with E-state index in [-0.39, 0.29) is 0 Å². The van der Waals surface area contributed by atoms with Gasteiger partial charge in [0.15, 0.2) is 0 Å². The lowest BCUT2D eigenvalue weighted by Crippen LogP contribution is -1.93. The summed E-state index contributed by atoms with van der Waals surface area (Å²) in [4.78, 5) is 27.0. The van der Waals surface area contributed by atoms with Crippen molar-refractivity contribution in [3.63, 3.8) is 0 Å². The van der Waals surface area contributed by atoms with E-state index in [9.17, 15) is 0 Å². The molecule has 18 rings (SSSR count). The Balaban J connectivity index is 0.000000103. The van der Waals surface area contributed by atoms with E-state index in [1.165, 1.54) is 223 Å².